The van der Waals surface area contributed by atoms with Crippen LogP contribution in [0.4, 0.5) is 5.69 Å². The van der Waals surface area contributed by atoms with Crippen molar-refractivity contribution in [3.8, 4) is 0 Å². The fourth-order valence-electron chi connectivity index (χ4n) is 2.57. The predicted octanol–water partition coefficient (Wildman–Crippen LogP) is 3.76. The van der Waals surface area contributed by atoms with Gasteiger partial charge in [-0.2, -0.15) is 0 Å². The lowest BCUT2D eigenvalue weighted by molar-refractivity contribution is 0.0925. The largest absolute Gasteiger partial charge is 0.268 e. The van der Waals surface area contributed by atoms with Gasteiger partial charge in [0.2, 0.25) is 0 Å². The van der Waals surface area contributed by atoms with Gasteiger partial charge in [0.15, 0.2) is 0 Å². The molecule has 0 atom stereocenters. The number of fused-ring (bicyclic) bond motifs is 1. The first-order chi connectivity index (χ1) is 9.50. The van der Waals surface area contributed by atoms with Crippen LogP contribution in [0.15, 0.2) is 36.4 Å². The first-order valence-corrected chi connectivity index (χ1v) is 6.63. The number of hydrogen-bond donors (Lipinski definition) is 0. The van der Waals surface area contributed by atoms with Gasteiger partial charge in [-0.15, -0.1) is 0 Å². The first kappa shape index (κ1) is 12.9. The Hall–Kier alpha value is -2.13. The average Bonchev–Trinajstić information content (AvgIpc) is 2.63. The quantitative estimate of drug-likeness (QED) is 0.748. The monoisotopic (exact) mass is 285 g/mol. The molecular weight excluding hydrogens is 274 g/mol. The number of imide groups is 1. The van der Waals surface area contributed by atoms with E-state index in [0.29, 0.717) is 21.8 Å². The van der Waals surface area contributed by atoms with E-state index in [0.717, 1.165) is 11.1 Å². The van der Waals surface area contributed by atoms with E-state index in [1.165, 1.54) is 4.90 Å². The Balaban J connectivity index is 2.20. The van der Waals surface area contributed by atoms with Crippen LogP contribution < -0.4 is 4.90 Å². The number of carbonyl (C=O) groups is 2. The minimum atomic E-state index is -0.315. The summed E-state index contributed by atoms with van der Waals surface area (Å²) in [5, 5.41) is 0.452. The molecule has 0 bridgehead atoms. The standard InChI is InChI=1S/C16H12ClNO2/c1-9-4-3-5-10(2)14(9)18-15(19)12-7-6-11(17)8-13(12)16(18)20/h3-8H,1-2H3. The third kappa shape index (κ3) is 1.74. The van der Waals surface area contributed by atoms with Crippen molar-refractivity contribution in [3.05, 3.63) is 63.7 Å². The Kier molecular flexibility index (Phi) is 2.87. The molecule has 0 unspecified atom stereocenters. The molecule has 1 aliphatic rings. The van der Waals surface area contributed by atoms with Crippen LogP contribution in [0, 0.1) is 13.8 Å². The van der Waals surface area contributed by atoms with E-state index in [2.05, 4.69) is 0 Å². The van der Waals surface area contributed by atoms with Crippen LogP contribution in [-0.2, 0) is 0 Å². The minimum Gasteiger partial charge on any atom is -0.268 e. The van der Waals surface area contributed by atoms with E-state index in [4.69, 9.17) is 11.6 Å². The highest BCUT2D eigenvalue weighted by molar-refractivity contribution is 6.37. The third-order valence-electron chi connectivity index (χ3n) is 3.51. The second kappa shape index (κ2) is 4.46. The number of anilines is 1. The number of benzene rings is 2. The Bertz CT molecular complexity index is 732. The summed E-state index contributed by atoms with van der Waals surface area (Å²) in [5.74, 6) is -0.607. The van der Waals surface area contributed by atoms with E-state index in [1.807, 2.05) is 32.0 Å². The molecule has 0 saturated carbocycles. The van der Waals surface area contributed by atoms with E-state index in [9.17, 15) is 9.59 Å². The Morgan fingerprint density at radius 2 is 1.50 bits per heavy atom. The molecule has 100 valence electrons. The molecule has 20 heavy (non-hydrogen) atoms. The van der Waals surface area contributed by atoms with Crippen LogP contribution in [0.1, 0.15) is 31.8 Å². The predicted molar refractivity (Wildman–Crippen MR) is 78.5 cm³/mol. The molecule has 4 heteroatoms. The molecule has 0 aromatic heterocycles. The summed E-state index contributed by atoms with van der Waals surface area (Å²) in [7, 11) is 0. The molecule has 3 nitrogen and oxygen atoms in total. The maximum atomic E-state index is 12.5. The molecule has 0 radical (unpaired) electrons. The molecule has 0 saturated heterocycles. The van der Waals surface area contributed by atoms with Crippen molar-refractivity contribution in [2.45, 2.75) is 13.8 Å². The molecule has 0 spiro atoms. The van der Waals surface area contributed by atoms with Gasteiger partial charge in [0.1, 0.15) is 0 Å². The molecule has 0 fully saturated rings. The molecule has 1 aliphatic heterocycles. The summed E-state index contributed by atoms with van der Waals surface area (Å²) in [5.41, 5.74) is 3.22. The molecule has 0 N–H and O–H groups in total. The third-order valence-corrected chi connectivity index (χ3v) is 3.75. The highest BCUT2D eigenvalue weighted by Crippen LogP contribution is 2.33. The second-order valence-electron chi connectivity index (χ2n) is 4.88. The number of carbonyl (C=O) groups excluding carboxylic acids is 2. The molecular formula is C16H12ClNO2. The zero-order chi connectivity index (χ0) is 14.4. The summed E-state index contributed by atoms with van der Waals surface area (Å²) < 4.78 is 0. The number of para-hydroxylation sites is 1. The lowest BCUT2D eigenvalue weighted by Crippen LogP contribution is -2.30. The molecule has 2 aromatic carbocycles. The lowest BCUT2D eigenvalue weighted by Gasteiger charge is -2.19. The van der Waals surface area contributed by atoms with Gasteiger partial charge in [0.25, 0.3) is 11.8 Å². The first-order valence-electron chi connectivity index (χ1n) is 6.25. The van der Waals surface area contributed by atoms with Gasteiger partial charge in [-0.1, -0.05) is 29.8 Å². The normalized spacial score (nSPS) is 13.8. The molecule has 0 aliphatic carbocycles. The fraction of sp³-hybridized carbons (Fsp3) is 0.125. The summed E-state index contributed by atoms with van der Waals surface area (Å²) >= 11 is 5.91. The zero-order valence-corrected chi connectivity index (χ0v) is 11.9. The van der Waals surface area contributed by atoms with Crippen molar-refractivity contribution < 1.29 is 9.59 Å². The van der Waals surface area contributed by atoms with E-state index < -0.39 is 0 Å². The van der Waals surface area contributed by atoms with Gasteiger partial charge in [0.05, 0.1) is 16.8 Å². The van der Waals surface area contributed by atoms with Crippen molar-refractivity contribution in [2.75, 3.05) is 4.90 Å². The Morgan fingerprint density at radius 3 is 2.15 bits per heavy atom. The van der Waals surface area contributed by atoms with Gasteiger partial charge in [0, 0.05) is 5.02 Å². The maximum absolute atomic E-state index is 12.5. The minimum absolute atomic E-state index is 0.293. The van der Waals surface area contributed by atoms with Crippen LogP contribution >= 0.6 is 11.6 Å². The van der Waals surface area contributed by atoms with Crippen LogP contribution in [0.3, 0.4) is 0 Å². The fourth-order valence-corrected chi connectivity index (χ4v) is 2.75. The van der Waals surface area contributed by atoms with Crippen LogP contribution in [0.5, 0.6) is 0 Å². The SMILES string of the molecule is Cc1cccc(C)c1N1C(=O)c2ccc(Cl)cc2C1=O. The van der Waals surface area contributed by atoms with E-state index >= 15 is 0 Å². The number of rotatable bonds is 1. The van der Waals surface area contributed by atoms with Crippen molar-refractivity contribution in [3.63, 3.8) is 0 Å². The van der Waals surface area contributed by atoms with Crippen molar-refractivity contribution in [2.24, 2.45) is 0 Å². The number of halogens is 1. The Morgan fingerprint density at radius 1 is 0.900 bits per heavy atom. The van der Waals surface area contributed by atoms with Gasteiger partial charge < -0.3 is 0 Å². The van der Waals surface area contributed by atoms with Crippen LogP contribution in [0.2, 0.25) is 5.02 Å². The van der Waals surface area contributed by atoms with Gasteiger partial charge in [-0.05, 0) is 43.2 Å². The number of amides is 2. The van der Waals surface area contributed by atoms with Crippen molar-refractivity contribution in [1.82, 2.24) is 0 Å². The topological polar surface area (TPSA) is 37.4 Å². The average molecular weight is 286 g/mol. The number of aryl methyl sites for hydroxylation is 2. The highest BCUT2D eigenvalue weighted by atomic mass is 35.5. The van der Waals surface area contributed by atoms with E-state index in [-0.39, 0.29) is 11.8 Å². The molecule has 2 aromatic rings. The lowest BCUT2D eigenvalue weighted by atomic mass is 10.1. The molecule has 1 heterocycles. The number of hydrogen-bond acceptors (Lipinski definition) is 2. The van der Waals surface area contributed by atoms with Gasteiger partial charge in [-0.3, -0.25) is 9.59 Å². The zero-order valence-electron chi connectivity index (χ0n) is 11.1. The summed E-state index contributed by atoms with van der Waals surface area (Å²) in [6.07, 6.45) is 0. The molecule has 2 amide bonds. The summed E-state index contributed by atoms with van der Waals surface area (Å²) in [6, 6.07) is 10.5. The summed E-state index contributed by atoms with van der Waals surface area (Å²) in [6.45, 7) is 3.78. The van der Waals surface area contributed by atoms with Gasteiger partial charge >= 0.3 is 0 Å². The summed E-state index contributed by atoms with van der Waals surface area (Å²) in [4.78, 5) is 26.2. The maximum Gasteiger partial charge on any atom is 0.266 e. The van der Waals surface area contributed by atoms with Crippen molar-refractivity contribution in [1.29, 1.82) is 0 Å². The van der Waals surface area contributed by atoms with Crippen LogP contribution in [-0.4, -0.2) is 11.8 Å². The van der Waals surface area contributed by atoms with Crippen molar-refractivity contribution >= 4 is 29.1 Å². The van der Waals surface area contributed by atoms with E-state index in [1.54, 1.807) is 18.2 Å². The Labute approximate surface area is 121 Å². The molecule has 3 rings (SSSR count). The highest BCUT2D eigenvalue weighted by Gasteiger charge is 2.37. The van der Waals surface area contributed by atoms with Gasteiger partial charge in [-0.25, -0.2) is 4.90 Å². The van der Waals surface area contributed by atoms with Crippen LogP contribution in [0.25, 0.3) is 0 Å². The number of nitrogens with zero attached hydrogens (tertiary/aromatic N) is 1. The second-order valence-corrected chi connectivity index (χ2v) is 5.31. The smallest absolute Gasteiger partial charge is 0.266 e.